The lowest BCUT2D eigenvalue weighted by molar-refractivity contribution is 0.102. The lowest BCUT2D eigenvalue weighted by Crippen LogP contribution is -2.27. The van der Waals surface area contributed by atoms with Crippen LogP contribution in [0.2, 0.25) is 0 Å². The molecule has 0 unspecified atom stereocenters. The van der Waals surface area contributed by atoms with Gasteiger partial charge in [-0.1, -0.05) is 31.5 Å². The van der Waals surface area contributed by atoms with E-state index in [1.54, 1.807) is 35.8 Å². The predicted molar refractivity (Wildman–Crippen MR) is 91.0 cm³/mol. The molecule has 0 spiro atoms. The van der Waals surface area contributed by atoms with E-state index < -0.39 is 0 Å². The Bertz CT molecular complexity index is 887. The summed E-state index contributed by atoms with van der Waals surface area (Å²) in [6.07, 6.45) is 3.40. The molecular weight excluding hydrogens is 312 g/mol. The summed E-state index contributed by atoms with van der Waals surface area (Å²) in [5.41, 5.74) is 0.0753. The van der Waals surface area contributed by atoms with E-state index in [4.69, 9.17) is 0 Å². The number of carbonyl (C=O) groups is 1. The van der Waals surface area contributed by atoms with Crippen molar-refractivity contribution in [2.75, 3.05) is 5.32 Å². The van der Waals surface area contributed by atoms with Crippen molar-refractivity contribution in [3.05, 3.63) is 51.9 Å². The molecule has 118 valence electrons. The molecule has 2 aromatic heterocycles. The first-order chi connectivity index (χ1) is 11.2. The van der Waals surface area contributed by atoms with Gasteiger partial charge in [-0.15, -0.1) is 11.3 Å². The number of carbonyl (C=O) groups excluding carboxylic acids is 1. The van der Waals surface area contributed by atoms with Crippen LogP contribution < -0.4 is 10.9 Å². The SMILES string of the molecule is CCCCn1nc(C(=O)Nc2nccs2)c2ccccc2c1=O. The highest BCUT2D eigenvalue weighted by molar-refractivity contribution is 7.13. The fourth-order valence-corrected chi connectivity index (χ4v) is 2.83. The van der Waals surface area contributed by atoms with Crippen LogP contribution >= 0.6 is 11.3 Å². The zero-order chi connectivity index (χ0) is 16.2. The monoisotopic (exact) mass is 328 g/mol. The quantitative estimate of drug-likeness (QED) is 0.781. The maximum atomic E-state index is 12.5. The standard InChI is InChI=1S/C16H16N4O2S/c1-2-3-9-20-15(22)12-7-5-4-6-11(12)13(19-20)14(21)18-16-17-8-10-23-16/h4-8,10H,2-3,9H2,1H3,(H,17,18,21). The molecule has 0 saturated heterocycles. The Hall–Kier alpha value is -2.54. The molecule has 3 rings (SSSR count). The van der Waals surface area contributed by atoms with Gasteiger partial charge in [-0.05, 0) is 12.5 Å². The first-order valence-corrected chi connectivity index (χ1v) is 8.29. The number of benzene rings is 1. The van der Waals surface area contributed by atoms with E-state index in [2.05, 4.69) is 15.4 Å². The van der Waals surface area contributed by atoms with Crippen LogP contribution in [-0.4, -0.2) is 20.7 Å². The van der Waals surface area contributed by atoms with E-state index in [0.29, 0.717) is 22.4 Å². The van der Waals surface area contributed by atoms with Gasteiger partial charge < -0.3 is 0 Å². The van der Waals surface area contributed by atoms with Crippen molar-refractivity contribution in [2.24, 2.45) is 0 Å². The third kappa shape index (κ3) is 3.14. The second-order valence-electron chi connectivity index (χ2n) is 5.07. The molecule has 0 saturated carbocycles. The van der Waals surface area contributed by atoms with Crippen molar-refractivity contribution >= 4 is 33.1 Å². The summed E-state index contributed by atoms with van der Waals surface area (Å²) < 4.78 is 1.38. The lowest BCUT2D eigenvalue weighted by atomic mass is 10.1. The predicted octanol–water partition coefficient (Wildman–Crippen LogP) is 2.91. The second-order valence-corrected chi connectivity index (χ2v) is 5.96. The molecule has 2 heterocycles. The molecule has 7 heteroatoms. The summed E-state index contributed by atoms with van der Waals surface area (Å²) in [7, 11) is 0. The summed E-state index contributed by atoms with van der Waals surface area (Å²) in [6, 6.07) is 7.04. The van der Waals surface area contributed by atoms with Crippen molar-refractivity contribution < 1.29 is 4.79 Å². The van der Waals surface area contributed by atoms with E-state index in [1.165, 1.54) is 16.0 Å². The van der Waals surface area contributed by atoms with Crippen LogP contribution in [0.15, 0.2) is 40.6 Å². The highest BCUT2D eigenvalue weighted by Crippen LogP contribution is 2.17. The second kappa shape index (κ2) is 6.70. The normalized spacial score (nSPS) is 10.8. The number of aromatic nitrogens is 3. The molecule has 1 aromatic carbocycles. The Morgan fingerprint density at radius 2 is 2.09 bits per heavy atom. The van der Waals surface area contributed by atoms with Gasteiger partial charge in [0.15, 0.2) is 10.8 Å². The Kier molecular flexibility index (Phi) is 4.47. The van der Waals surface area contributed by atoms with Gasteiger partial charge in [0.1, 0.15) is 0 Å². The largest absolute Gasteiger partial charge is 0.296 e. The summed E-state index contributed by atoms with van der Waals surface area (Å²) in [5, 5.41) is 10.4. The average molecular weight is 328 g/mol. The smallest absolute Gasteiger partial charge is 0.278 e. The van der Waals surface area contributed by atoms with Crippen molar-refractivity contribution in [3.8, 4) is 0 Å². The maximum absolute atomic E-state index is 12.5. The van der Waals surface area contributed by atoms with Crippen LogP contribution in [0.3, 0.4) is 0 Å². The molecule has 0 radical (unpaired) electrons. The van der Waals surface area contributed by atoms with Crippen molar-refractivity contribution in [1.82, 2.24) is 14.8 Å². The molecule has 0 aliphatic heterocycles. The van der Waals surface area contributed by atoms with Gasteiger partial charge in [-0.25, -0.2) is 9.67 Å². The number of amides is 1. The highest BCUT2D eigenvalue weighted by Gasteiger charge is 2.17. The summed E-state index contributed by atoms with van der Waals surface area (Å²) in [5.74, 6) is -0.360. The lowest BCUT2D eigenvalue weighted by Gasteiger charge is -2.10. The number of unbranched alkanes of at least 4 members (excludes halogenated alkanes) is 1. The fraction of sp³-hybridized carbons (Fsp3) is 0.250. The zero-order valence-electron chi connectivity index (χ0n) is 12.7. The summed E-state index contributed by atoms with van der Waals surface area (Å²) in [4.78, 5) is 29.1. The molecular formula is C16H16N4O2S. The van der Waals surface area contributed by atoms with E-state index in [9.17, 15) is 9.59 Å². The van der Waals surface area contributed by atoms with Gasteiger partial charge in [0.25, 0.3) is 11.5 Å². The Morgan fingerprint density at radius 3 is 2.78 bits per heavy atom. The van der Waals surface area contributed by atoms with Gasteiger partial charge in [-0.2, -0.15) is 5.10 Å². The van der Waals surface area contributed by atoms with Crippen LogP contribution in [-0.2, 0) is 6.54 Å². The number of thiazole rings is 1. The molecule has 3 aromatic rings. The minimum Gasteiger partial charge on any atom is -0.296 e. The van der Waals surface area contributed by atoms with E-state index in [0.717, 1.165) is 12.8 Å². The molecule has 0 aliphatic rings. The van der Waals surface area contributed by atoms with Crippen molar-refractivity contribution in [3.63, 3.8) is 0 Å². The molecule has 0 aliphatic carbocycles. The van der Waals surface area contributed by atoms with Crippen molar-refractivity contribution in [2.45, 2.75) is 26.3 Å². The van der Waals surface area contributed by atoms with Crippen LogP contribution in [0.4, 0.5) is 5.13 Å². The topological polar surface area (TPSA) is 76.9 Å². The van der Waals surface area contributed by atoms with E-state index >= 15 is 0 Å². The Labute approximate surface area is 136 Å². The maximum Gasteiger partial charge on any atom is 0.278 e. The van der Waals surface area contributed by atoms with Crippen LogP contribution in [0, 0.1) is 0 Å². The summed E-state index contributed by atoms with van der Waals surface area (Å²) >= 11 is 1.33. The Balaban J connectivity index is 2.08. The summed E-state index contributed by atoms with van der Waals surface area (Å²) in [6.45, 7) is 2.54. The first kappa shape index (κ1) is 15.4. The highest BCUT2D eigenvalue weighted by atomic mass is 32.1. The third-order valence-corrected chi connectivity index (χ3v) is 4.15. The first-order valence-electron chi connectivity index (χ1n) is 7.41. The van der Waals surface area contributed by atoms with Gasteiger partial charge in [0.2, 0.25) is 0 Å². The van der Waals surface area contributed by atoms with E-state index in [-0.39, 0.29) is 17.2 Å². The number of nitrogens with zero attached hydrogens (tertiary/aromatic N) is 3. The van der Waals surface area contributed by atoms with Gasteiger partial charge in [0.05, 0.1) is 5.39 Å². The van der Waals surface area contributed by atoms with Gasteiger partial charge in [0, 0.05) is 23.5 Å². The number of rotatable bonds is 5. The average Bonchev–Trinajstić information content (AvgIpc) is 3.07. The molecule has 6 nitrogen and oxygen atoms in total. The third-order valence-electron chi connectivity index (χ3n) is 3.46. The van der Waals surface area contributed by atoms with E-state index in [1.807, 2.05) is 6.92 Å². The van der Waals surface area contributed by atoms with Gasteiger partial charge in [-0.3, -0.25) is 14.9 Å². The number of anilines is 1. The molecule has 23 heavy (non-hydrogen) atoms. The molecule has 1 amide bonds. The molecule has 0 atom stereocenters. The fourth-order valence-electron chi connectivity index (χ4n) is 2.30. The number of hydrogen-bond acceptors (Lipinski definition) is 5. The zero-order valence-corrected chi connectivity index (χ0v) is 13.5. The Morgan fingerprint density at radius 1 is 1.30 bits per heavy atom. The van der Waals surface area contributed by atoms with Crippen LogP contribution in [0.1, 0.15) is 30.3 Å². The number of nitrogens with one attached hydrogen (secondary N) is 1. The molecule has 1 N–H and O–H groups in total. The van der Waals surface area contributed by atoms with Crippen LogP contribution in [0.25, 0.3) is 10.8 Å². The minimum atomic E-state index is -0.360. The number of hydrogen-bond donors (Lipinski definition) is 1. The number of fused-ring (bicyclic) bond motifs is 1. The van der Waals surface area contributed by atoms with Gasteiger partial charge >= 0.3 is 0 Å². The number of aryl methyl sites for hydroxylation is 1. The van der Waals surface area contributed by atoms with Crippen LogP contribution in [0.5, 0.6) is 0 Å². The minimum absolute atomic E-state index is 0.167. The molecule has 0 bridgehead atoms. The van der Waals surface area contributed by atoms with Crippen molar-refractivity contribution in [1.29, 1.82) is 0 Å². The molecule has 0 fully saturated rings.